The van der Waals surface area contributed by atoms with Gasteiger partial charge in [-0.05, 0) is 14.0 Å². The molecule has 1 aromatic rings. The van der Waals surface area contributed by atoms with Gasteiger partial charge in [-0.25, -0.2) is 4.98 Å². The Bertz CT molecular complexity index is 340. The molecular weight excluding hydrogens is 214 g/mol. The number of thiazole rings is 1. The van der Waals surface area contributed by atoms with Crippen LogP contribution in [0.5, 0.6) is 0 Å². The predicted octanol–water partition coefficient (Wildman–Crippen LogP) is 0.295. The van der Waals surface area contributed by atoms with Crippen molar-refractivity contribution in [3.8, 4) is 0 Å². The molecule has 0 saturated carbocycles. The Labute approximate surface area is 92.5 Å². The summed E-state index contributed by atoms with van der Waals surface area (Å²) in [4.78, 5) is 16.8. The molecule has 5 nitrogen and oxygen atoms in total. The Morgan fingerprint density at radius 1 is 1.80 bits per heavy atom. The van der Waals surface area contributed by atoms with E-state index in [-0.39, 0.29) is 6.54 Å². The van der Waals surface area contributed by atoms with Gasteiger partial charge >= 0.3 is 5.97 Å². The molecule has 0 aliphatic rings. The molecule has 0 radical (unpaired) electrons. The number of aryl methyl sites for hydroxylation is 1. The molecule has 0 aliphatic carbocycles. The first-order chi connectivity index (χ1) is 7.04. The van der Waals surface area contributed by atoms with Crippen molar-refractivity contribution in [2.75, 3.05) is 13.6 Å². The number of aliphatic carboxylic acids is 1. The average Bonchev–Trinajstić information content (AvgIpc) is 2.51. The van der Waals surface area contributed by atoms with Crippen molar-refractivity contribution < 1.29 is 9.90 Å². The molecule has 3 N–H and O–H groups in total. The summed E-state index contributed by atoms with van der Waals surface area (Å²) in [5.74, 6) is -0.896. The summed E-state index contributed by atoms with van der Waals surface area (Å²) in [5.41, 5.74) is 6.28. The number of hydrogen-bond acceptors (Lipinski definition) is 5. The van der Waals surface area contributed by atoms with E-state index in [4.69, 9.17) is 10.8 Å². The number of carboxylic acids is 1. The minimum atomic E-state index is -0.896. The van der Waals surface area contributed by atoms with E-state index < -0.39 is 12.0 Å². The van der Waals surface area contributed by atoms with Gasteiger partial charge in [-0.3, -0.25) is 9.69 Å². The van der Waals surface area contributed by atoms with Crippen molar-refractivity contribution in [1.82, 2.24) is 9.88 Å². The fraction of sp³-hybridized carbons (Fsp3) is 0.556. The second kappa shape index (κ2) is 5.20. The quantitative estimate of drug-likeness (QED) is 0.759. The van der Waals surface area contributed by atoms with Crippen molar-refractivity contribution in [2.24, 2.45) is 5.73 Å². The van der Waals surface area contributed by atoms with E-state index in [1.807, 2.05) is 12.3 Å². The highest BCUT2D eigenvalue weighted by Gasteiger charge is 2.21. The molecule has 0 fully saturated rings. The van der Waals surface area contributed by atoms with Gasteiger partial charge in [0.1, 0.15) is 6.04 Å². The smallest absolute Gasteiger partial charge is 0.322 e. The number of carbonyl (C=O) groups is 1. The monoisotopic (exact) mass is 229 g/mol. The number of rotatable bonds is 5. The first kappa shape index (κ1) is 12.1. The number of carboxylic acid groups (broad SMARTS) is 1. The van der Waals surface area contributed by atoms with Crippen LogP contribution < -0.4 is 5.73 Å². The molecule has 1 aromatic heterocycles. The third kappa shape index (κ3) is 3.26. The summed E-state index contributed by atoms with van der Waals surface area (Å²) in [6.07, 6.45) is 0. The molecule has 84 valence electrons. The van der Waals surface area contributed by atoms with E-state index in [0.29, 0.717) is 6.54 Å². The lowest BCUT2D eigenvalue weighted by Crippen LogP contribution is -2.43. The van der Waals surface area contributed by atoms with Crippen LogP contribution in [0, 0.1) is 6.92 Å². The third-order valence-corrected chi connectivity index (χ3v) is 2.94. The van der Waals surface area contributed by atoms with Gasteiger partial charge in [0.25, 0.3) is 0 Å². The summed E-state index contributed by atoms with van der Waals surface area (Å²) in [6.45, 7) is 2.54. The highest BCUT2D eigenvalue weighted by molar-refractivity contribution is 7.09. The van der Waals surface area contributed by atoms with Crippen LogP contribution in [0.15, 0.2) is 5.38 Å². The standard InChI is InChI=1S/C9H15N3O2S/c1-6-11-7(5-15-6)4-12(2)8(3-10)9(13)14/h5,8H,3-4,10H2,1-2H3,(H,13,14). The molecule has 0 spiro atoms. The van der Waals surface area contributed by atoms with E-state index in [2.05, 4.69) is 4.98 Å². The number of hydrogen-bond donors (Lipinski definition) is 2. The van der Waals surface area contributed by atoms with E-state index in [1.165, 1.54) is 0 Å². The van der Waals surface area contributed by atoms with Crippen molar-refractivity contribution in [2.45, 2.75) is 19.5 Å². The molecule has 1 unspecified atom stereocenters. The predicted molar refractivity (Wildman–Crippen MR) is 58.8 cm³/mol. The Morgan fingerprint density at radius 3 is 2.87 bits per heavy atom. The first-order valence-electron chi connectivity index (χ1n) is 4.58. The summed E-state index contributed by atoms with van der Waals surface area (Å²) in [6, 6.07) is -0.646. The molecular formula is C9H15N3O2S. The van der Waals surface area contributed by atoms with Gasteiger partial charge < -0.3 is 10.8 Å². The van der Waals surface area contributed by atoms with Gasteiger partial charge in [0, 0.05) is 18.5 Å². The number of nitrogens with two attached hydrogens (primary N) is 1. The lowest BCUT2D eigenvalue weighted by molar-refractivity contribution is -0.142. The molecule has 1 atom stereocenters. The van der Waals surface area contributed by atoms with Crippen LogP contribution in [0.1, 0.15) is 10.7 Å². The fourth-order valence-corrected chi connectivity index (χ4v) is 1.92. The number of likely N-dealkylation sites (N-methyl/N-ethyl adjacent to an activating group) is 1. The van der Waals surface area contributed by atoms with E-state index >= 15 is 0 Å². The lowest BCUT2D eigenvalue weighted by Gasteiger charge is -2.22. The minimum Gasteiger partial charge on any atom is -0.480 e. The van der Waals surface area contributed by atoms with Gasteiger partial charge in [0.2, 0.25) is 0 Å². The van der Waals surface area contributed by atoms with Crippen molar-refractivity contribution >= 4 is 17.3 Å². The maximum atomic E-state index is 10.8. The first-order valence-corrected chi connectivity index (χ1v) is 5.46. The molecule has 6 heteroatoms. The SMILES string of the molecule is Cc1nc(CN(C)C(CN)C(=O)O)cs1. The lowest BCUT2D eigenvalue weighted by atomic mass is 10.2. The van der Waals surface area contributed by atoms with Crippen molar-refractivity contribution in [1.29, 1.82) is 0 Å². The van der Waals surface area contributed by atoms with Crippen LogP contribution in [0.2, 0.25) is 0 Å². The second-order valence-corrected chi connectivity index (χ2v) is 4.42. The number of aromatic nitrogens is 1. The number of nitrogens with zero attached hydrogens (tertiary/aromatic N) is 2. The normalized spacial score (nSPS) is 13.1. The largest absolute Gasteiger partial charge is 0.480 e. The molecule has 0 bridgehead atoms. The van der Waals surface area contributed by atoms with Crippen LogP contribution in [-0.4, -0.2) is 40.6 Å². The molecule has 0 aliphatic heterocycles. The fourth-order valence-electron chi connectivity index (χ4n) is 1.32. The average molecular weight is 229 g/mol. The summed E-state index contributed by atoms with van der Waals surface area (Å²) < 4.78 is 0. The zero-order valence-corrected chi connectivity index (χ0v) is 9.62. The Balaban J connectivity index is 2.61. The Kier molecular flexibility index (Phi) is 4.19. The molecule has 0 saturated heterocycles. The van der Waals surface area contributed by atoms with Crippen LogP contribution in [0.4, 0.5) is 0 Å². The van der Waals surface area contributed by atoms with Crippen molar-refractivity contribution in [3.63, 3.8) is 0 Å². The van der Waals surface area contributed by atoms with Gasteiger partial charge in [-0.2, -0.15) is 0 Å². The molecule has 1 heterocycles. The molecule has 1 rings (SSSR count). The van der Waals surface area contributed by atoms with Crippen LogP contribution >= 0.6 is 11.3 Å². The zero-order valence-electron chi connectivity index (χ0n) is 8.80. The van der Waals surface area contributed by atoms with Crippen molar-refractivity contribution in [3.05, 3.63) is 16.1 Å². The third-order valence-electron chi connectivity index (χ3n) is 2.12. The zero-order chi connectivity index (χ0) is 11.4. The minimum absolute atomic E-state index is 0.106. The topological polar surface area (TPSA) is 79.5 Å². The highest BCUT2D eigenvalue weighted by atomic mass is 32.1. The van der Waals surface area contributed by atoms with Gasteiger partial charge in [-0.1, -0.05) is 0 Å². The van der Waals surface area contributed by atoms with Crippen LogP contribution in [-0.2, 0) is 11.3 Å². The maximum absolute atomic E-state index is 10.8. The van der Waals surface area contributed by atoms with Crippen LogP contribution in [0.3, 0.4) is 0 Å². The molecule has 0 aromatic carbocycles. The van der Waals surface area contributed by atoms with E-state index in [0.717, 1.165) is 10.7 Å². The van der Waals surface area contributed by atoms with Crippen LogP contribution in [0.25, 0.3) is 0 Å². The van der Waals surface area contributed by atoms with Gasteiger partial charge in [0.05, 0.1) is 10.7 Å². The summed E-state index contributed by atoms with van der Waals surface area (Å²) >= 11 is 1.56. The van der Waals surface area contributed by atoms with E-state index in [1.54, 1.807) is 23.3 Å². The maximum Gasteiger partial charge on any atom is 0.322 e. The Hall–Kier alpha value is -0.980. The van der Waals surface area contributed by atoms with Gasteiger partial charge in [0.15, 0.2) is 0 Å². The Morgan fingerprint density at radius 2 is 2.47 bits per heavy atom. The molecule has 15 heavy (non-hydrogen) atoms. The highest BCUT2D eigenvalue weighted by Crippen LogP contribution is 2.10. The van der Waals surface area contributed by atoms with E-state index in [9.17, 15) is 4.79 Å². The van der Waals surface area contributed by atoms with Gasteiger partial charge in [-0.15, -0.1) is 11.3 Å². The second-order valence-electron chi connectivity index (χ2n) is 3.36. The summed E-state index contributed by atoms with van der Waals surface area (Å²) in [7, 11) is 1.74. The molecule has 0 amide bonds. The summed E-state index contributed by atoms with van der Waals surface area (Å²) in [5, 5.41) is 11.8.